The van der Waals surface area contributed by atoms with Crippen LogP contribution in [0, 0.1) is 11.8 Å². The van der Waals surface area contributed by atoms with Crippen molar-refractivity contribution < 1.29 is 9.47 Å². The molecular weight excluding hydrogens is 372 g/mol. The van der Waals surface area contributed by atoms with Crippen LogP contribution in [0.3, 0.4) is 0 Å². The maximum atomic E-state index is 6.37. The van der Waals surface area contributed by atoms with E-state index in [2.05, 4.69) is 67.6 Å². The average molecular weight is 409 g/mol. The molecule has 0 aliphatic rings. The molecule has 4 heteroatoms. The summed E-state index contributed by atoms with van der Waals surface area (Å²) in [6.45, 7) is 11.4. The highest BCUT2D eigenvalue weighted by Crippen LogP contribution is 2.38. The number of imidazole rings is 1. The van der Waals surface area contributed by atoms with E-state index >= 15 is 0 Å². The van der Waals surface area contributed by atoms with E-state index in [1.165, 1.54) is 5.56 Å². The molecule has 0 aliphatic heterocycles. The van der Waals surface area contributed by atoms with E-state index in [0.29, 0.717) is 11.8 Å². The van der Waals surface area contributed by atoms with Crippen LogP contribution in [0.1, 0.15) is 52.5 Å². The van der Waals surface area contributed by atoms with Gasteiger partial charge in [-0.2, -0.15) is 0 Å². The summed E-state index contributed by atoms with van der Waals surface area (Å²) in [7, 11) is 0. The average Bonchev–Trinajstić information content (AvgIpc) is 3.23. The van der Waals surface area contributed by atoms with Crippen LogP contribution in [0.15, 0.2) is 49.1 Å². The zero-order valence-electron chi connectivity index (χ0n) is 18.9. The van der Waals surface area contributed by atoms with Gasteiger partial charge in [-0.15, -0.1) is 0 Å². The molecule has 1 aromatic heterocycles. The van der Waals surface area contributed by atoms with E-state index in [1.807, 2.05) is 18.7 Å². The number of hydrogen-bond acceptors (Lipinski definition) is 3. The highest BCUT2D eigenvalue weighted by atomic mass is 16.5. The third-order valence-electron chi connectivity index (χ3n) is 5.35. The minimum atomic E-state index is 0.625. The normalized spacial score (nSPS) is 11.5. The lowest BCUT2D eigenvalue weighted by Gasteiger charge is -2.19. The van der Waals surface area contributed by atoms with Crippen molar-refractivity contribution in [2.45, 2.75) is 59.9 Å². The minimum absolute atomic E-state index is 0.625. The van der Waals surface area contributed by atoms with Gasteiger partial charge in [-0.3, -0.25) is 0 Å². The summed E-state index contributed by atoms with van der Waals surface area (Å²) in [6.07, 6.45) is 9.80. The number of ether oxygens (including phenoxy) is 2. The Morgan fingerprint density at radius 2 is 1.63 bits per heavy atom. The Labute approximate surface area is 181 Å². The van der Waals surface area contributed by atoms with Gasteiger partial charge in [0.2, 0.25) is 0 Å². The van der Waals surface area contributed by atoms with E-state index in [4.69, 9.17) is 9.47 Å². The predicted octanol–water partition coefficient (Wildman–Crippen LogP) is 6.52. The second-order valence-corrected chi connectivity index (χ2v) is 8.87. The summed E-state index contributed by atoms with van der Waals surface area (Å²) in [4.78, 5) is 4.14. The summed E-state index contributed by atoms with van der Waals surface area (Å²) in [5, 5.41) is 2.29. The molecule has 0 aliphatic carbocycles. The summed E-state index contributed by atoms with van der Waals surface area (Å²) < 4.78 is 14.7. The lowest BCUT2D eigenvalue weighted by Crippen LogP contribution is -2.07. The molecule has 0 fully saturated rings. The molecule has 0 saturated carbocycles. The van der Waals surface area contributed by atoms with Crippen molar-refractivity contribution in [3.05, 3.63) is 54.6 Å². The van der Waals surface area contributed by atoms with Crippen molar-refractivity contribution >= 4 is 10.8 Å². The first kappa shape index (κ1) is 22.2. The van der Waals surface area contributed by atoms with Crippen molar-refractivity contribution in [2.24, 2.45) is 11.8 Å². The van der Waals surface area contributed by atoms with Crippen LogP contribution in [0.2, 0.25) is 0 Å². The maximum Gasteiger partial charge on any atom is 0.130 e. The highest BCUT2D eigenvalue weighted by Gasteiger charge is 2.15. The number of nitrogens with zero attached hydrogens (tertiary/aromatic N) is 2. The molecule has 0 atom stereocenters. The molecule has 162 valence electrons. The zero-order valence-corrected chi connectivity index (χ0v) is 18.9. The number of fused-ring (bicyclic) bond motifs is 1. The van der Waals surface area contributed by atoms with Crippen LogP contribution < -0.4 is 9.47 Å². The first-order chi connectivity index (χ1) is 14.5. The second kappa shape index (κ2) is 11.1. The van der Waals surface area contributed by atoms with Gasteiger partial charge < -0.3 is 14.0 Å². The molecule has 0 unspecified atom stereocenters. The first-order valence-corrected chi connectivity index (χ1v) is 11.3. The molecule has 4 nitrogen and oxygen atoms in total. The van der Waals surface area contributed by atoms with Gasteiger partial charge in [0.25, 0.3) is 0 Å². The number of rotatable bonds is 12. The first-order valence-electron chi connectivity index (χ1n) is 11.3. The van der Waals surface area contributed by atoms with E-state index in [0.717, 1.165) is 67.7 Å². The van der Waals surface area contributed by atoms with Gasteiger partial charge in [0, 0.05) is 29.7 Å². The molecule has 0 N–H and O–H groups in total. The summed E-state index contributed by atoms with van der Waals surface area (Å²) in [5.41, 5.74) is 1.23. The Morgan fingerprint density at radius 3 is 2.30 bits per heavy atom. The fourth-order valence-electron chi connectivity index (χ4n) is 3.52. The Balaban J connectivity index is 1.87. The standard InChI is InChI=1S/C26H36N2O2/c1-20(2)11-16-29-25-18-22(8-7-14-28-15-13-27-19-28)26(30-17-12-21(3)4)24-10-6-5-9-23(24)25/h5-6,9-10,13,15,18-21H,7-8,11-12,14,16-17H2,1-4H3. The number of benzene rings is 2. The Hall–Kier alpha value is -2.49. The lowest BCUT2D eigenvalue weighted by atomic mass is 10.0. The smallest absolute Gasteiger partial charge is 0.130 e. The van der Waals surface area contributed by atoms with Gasteiger partial charge in [-0.25, -0.2) is 4.98 Å². The van der Waals surface area contributed by atoms with E-state index < -0.39 is 0 Å². The van der Waals surface area contributed by atoms with E-state index in [-0.39, 0.29) is 0 Å². The lowest BCUT2D eigenvalue weighted by molar-refractivity contribution is 0.284. The molecule has 0 radical (unpaired) electrons. The molecule has 0 spiro atoms. The molecule has 3 rings (SSSR count). The van der Waals surface area contributed by atoms with Crippen LogP contribution in [0.4, 0.5) is 0 Å². The van der Waals surface area contributed by atoms with Gasteiger partial charge in [-0.1, -0.05) is 52.0 Å². The SMILES string of the molecule is CC(C)CCOc1cc(CCCn2ccnc2)c(OCCC(C)C)c2ccccc12. The Morgan fingerprint density at radius 1 is 0.933 bits per heavy atom. The predicted molar refractivity (Wildman–Crippen MR) is 124 cm³/mol. The third kappa shape index (κ3) is 6.25. The molecule has 1 heterocycles. The number of hydrogen-bond donors (Lipinski definition) is 0. The van der Waals surface area contributed by atoms with E-state index in [9.17, 15) is 0 Å². The van der Waals surface area contributed by atoms with Crippen molar-refractivity contribution in [3.8, 4) is 11.5 Å². The van der Waals surface area contributed by atoms with Gasteiger partial charge in [-0.05, 0) is 49.1 Å². The summed E-state index contributed by atoms with van der Waals surface area (Å²) in [6, 6.07) is 10.7. The quantitative estimate of drug-likeness (QED) is 0.342. The maximum absolute atomic E-state index is 6.37. The fraction of sp³-hybridized carbons (Fsp3) is 0.500. The highest BCUT2D eigenvalue weighted by molar-refractivity contribution is 5.94. The van der Waals surface area contributed by atoms with Crippen LogP contribution in [-0.4, -0.2) is 22.8 Å². The minimum Gasteiger partial charge on any atom is -0.493 e. The van der Waals surface area contributed by atoms with Crippen molar-refractivity contribution in [2.75, 3.05) is 13.2 Å². The van der Waals surface area contributed by atoms with Gasteiger partial charge in [0.05, 0.1) is 19.5 Å². The monoisotopic (exact) mass is 408 g/mol. The van der Waals surface area contributed by atoms with Crippen molar-refractivity contribution in [3.63, 3.8) is 0 Å². The van der Waals surface area contributed by atoms with Gasteiger partial charge >= 0.3 is 0 Å². The van der Waals surface area contributed by atoms with Crippen molar-refractivity contribution in [1.29, 1.82) is 0 Å². The summed E-state index contributed by atoms with van der Waals surface area (Å²) in [5.74, 6) is 3.25. The van der Waals surface area contributed by atoms with Crippen molar-refractivity contribution in [1.82, 2.24) is 9.55 Å². The van der Waals surface area contributed by atoms with Crippen LogP contribution in [-0.2, 0) is 13.0 Å². The summed E-state index contributed by atoms with van der Waals surface area (Å²) >= 11 is 0. The number of aryl methyl sites for hydroxylation is 2. The second-order valence-electron chi connectivity index (χ2n) is 8.87. The molecule has 0 bridgehead atoms. The van der Waals surface area contributed by atoms with Crippen LogP contribution in [0.25, 0.3) is 10.8 Å². The largest absolute Gasteiger partial charge is 0.493 e. The Kier molecular flexibility index (Phi) is 8.18. The fourth-order valence-corrected chi connectivity index (χ4v) is 3.52. The molecule has 3 aromatic rings. The van der Waals surface area contributed by atoms with E-state index in [1.54, 1.807) is 0 Å². The van der Waals surface area contributed by atoms with Gasteiger partial charge in [0.15, 0.2) is 0 Å². The molecule has 0 saturated heterocycles. The zero-order chi connectivity index (χ0) is 21.3. The van der Waals surface area contributed by atoms with Gasteiger partial charge in [0.1, 0.15) is 11.5 Å². The van der Waals surface area contributed by atoms with Crippen LogP contribution in [0.5, 0.6) is 11.5 Å². The molecule has 30 heavy (non-hydrogen) atoms. The molecule has 0 amide bonds. The third-order valence-corrected chi connectivity index (χ3v) is 5.35. The number of aromatic nitrogens is 2. The molecular formula is C26H36N2O2. The molecule has 2 aromatic carbocycles. The Bertz CT molecular complexity index is 901. The van der Waals surface area contributed by atoms with Crippen LogP contribution >= 0.6 is 0 Å². The topological polar surface area (TPSA) is 36.3 Å².